The van der Waals surface area contributed by atoms with Crippen LogP contribution in [0, 0.1) is 13.8 Å². The maximum atomic E-state index is 13.4. The molecular weight excluding hydrogens is 358 g/mol. The summed E-state index contributed by atoms with van der Waals surface area (Å²) in [6.45, 7) is 4.24. The van der Waals surface area contributed by atoms with Gasteiger partial charge in [0.05, 0.1) is 24.2 Å². The summed E-state index contributed by atoms with van der Waals surface area (Å²) >= 11 is 0. The van der Waals surface area contributed by atoms with E-state index in [4.69, 9.17) is 4.74 Å². The fourth-order valence-corrected chi connectivity index (χ4v) is 4.29. The van der Waals surface area contributed by atoms with Crippen LogP contribution in [0.15, 0.2) is 77.7 Å². The number of methoxy groups -OCH3 is 1. The Bertz CT molecular complexity index is 1010. The molecule has 0 aromatic heterocycles. The number of benzene rings is 3. The minimum Gasteiger partial charge on any atom is -0.497 e. The van der Waals surface area contributed by atoms with Crippen molar-refractivity contribution in [2.24, 2.45) is 0 Å². The molecule has 0 saturated carbocycles. The van der Waals surface area contributed by atoms with E-state index in [1.807, 2.05) is 62.4 Å². The summed E-state index contributed by atoms with van der Waals surface area (Å²) in [5.41, 5.74) is 3.74. The van der Waals surface area contributed by atoms with E-state index >= 15 is 0 Å². The van der Waals surface area contributed by atoms with Crippen molar-refractivity contribution >= 4 is 15.7 Å². The Labute approximate surface area is 161 Å². The molecule has 0 bridgehead atoms. The Morgan fingerprint density at radius 3 is 2.07 bits per heavy atom. The van der Waals surface area contributed by atoms with Crippen LogP contribution in [0.5, 0.6) is 5.75 Å². The standard InChI is InChI=1S/C22H23NO3S/c1-17-8-10-20(11-9-17)23(16-19-7-5-4-6-18(19)2)27(24,25)22-14-12-21(26-3)13-15-22/h4-15H,16H2,1-3H3. The Hall–Kier alpha value is -2.79. The van der Waals surface area contributed by atoms with Crippen LogP contribution in [0.2, 0.25) is 0 Å². The molecule has 3 aromatic rings. The average Bonchev–Trinajstić information content (AvgIpc) is 2.68. The number of ether oxygens (including phenoxy) is 1. The smallest absolute Gasteiger partial charge is 0.264 e. The lowest BCUT2D eigenvalue weighted by Crippen LogP contribution is -2.30. The molecule has 140 valence electrons. The average molecular weight is 381 g/mol. The van der Waals surface area contributed by atoms with Gasteiger partial charge in [0.15, 0.2) is 0 Å². The highest BCUT2D eigenvalue weighted by molar-refractivity contribution is 7.92. The van der Waals surface area contributed by atoms with Crippen LogP contribution in [0.3, 0.4) is 0 Å². The first-order valence-electron chi connectivity index (χ1n) is 8.70. The van der Waals surface area contributed by atoms with E-state index in [-0.39, 0.29) is 11.4 Å². The zero-order valence-corrected chi connectivity index (χ0v) is 16.5. The first-order valence-corrected chi connectivity index (χ1v) is 10.1. The lowest BCUT2D eigenvalue weighted by molar-refractivity contribution is 0.414. The van der Waals surface area contributed by atoms with E-state index in [1.54, 1.807) is 31.4 Å². The normalized spacial score (nSPS) is 11.2. The fourth-order valence-electron chi connectivity index (χ4n) is 2.84. The van der Waals surface area contributed by atoms with Gasteiger partial charge in [-0.1, -0.05) is 42.0 Å². The van der Waals surface area contributed by atoms with E-state index in [0.29, 0.717) is 11.4 Å². The third-order valence-electron chi connectivity index (χ3n) is 4.54. The van der Waals surface area contributed by atoms with Crippen LogP contribution >= 0.6 is 0 Å². The van der Waals surface area contributed by atoms with Gasteiger partial charge in [-0.05, 0) is 61.4 Å². The van der Waals surface area contributed by atoms with Crippen LogP contribution in [0.4, 0.5) is 5.69 Å². The number of rotatable bonds is 6. The van der Waals surface area contributed by atoms with Gasteiger partial charge in [-0.25, -0.2) is 8.42 Å². The van der Waals surface area contributed by atoms with Crippen molar-refractivity contribution in [1.29, 1.82) is 0 Å². The predicted octanol–water partition coefficient (Wildman–Crippen LogP) is 4.71. The van der Waals surface area contributed by atoms with Crippen molar-refractivity contribution in [3.8, 4) is 5.75 Å². The van der Waals surface area contributed by atoms with Gasteiger partial charge in [0.25, 0.3) is 10.0 Å². The second kappa shape index (κ2) is 7.84. The number of hydrogen-bond acceptors (Lipinski definition) is 3. The highest BCUT2D eigenvalue weighted by atomic mass is 32.2. The highest BCUT2D eigenvalue weighted by Crippen LogP contribution is 2.28. The molecule has 3 aromatic carbocycles. The summed E-state index contributed by atoms with van der Waals surface area (Å²) < 4.78 is 33.4. The van der Waals surface area contributed by atoms with Crippen molar-refractivity contribution < 1.29 is 13.2 Å². The molecule has 3 rings (SSSR count). The molecular formula is C22H23NO3S. The van der Waals surface area contributed by atoms with Crippen molar-refractivity contribution in [1.82, 2.24) is 0 Å². The number of sulfonamides is 1. The Kier molecular flexibility index (Phi) is 5.51. The Morgan fingerprint density at radius 2 is 1.48 bits per heavy atom. The predicted molar refractivity (Wildman–Crippen MR) is 109 cm³/mol. The molecule has 0 saturated heterocycles. The zero-order chi connectivity index (χ0) is 19.4. The van der Waals surface area contributed by atoms with E-state index in [2.05, 4.69) is 0 Å². The summed E-state index contributed by atoms with van der Waals surface area (Å²) in [4.78, 5) is 0.234. The summed E-state index contributed by atoms with van der Waals surface area (Å²) in [5.74, 6) is 0.620. The molecule has 0 heterocycles. The van der Waals surface area contributed by atoms with E-state index < -0.39 is 10.0 Å². The number of aryl methyl sites for hydroxylation is 2. The summed E-state index contributed by atoms with van der Waals surface area (Å²) in [7, 11) is -2.17. The van der Waals surface area contributed by atoms with Crippen molar-refractivity contribution in [3.63, 3.8) is 0 Å². The third-order valence-corrected chi connectivity index (χ3v) is 6.33. The van der Waals surface area contributed by atoms with Gasteiger partial charge in [-0.15, -0.1) is 0 Å². The van der Waals surface area contributed by atoms with Gasteiger partial charge in [0, 0.05) is 0 Å². The lowest BCUT2D eigenvalue weighted by atomic mass is 10.1. The minimum atomic E-state index is -3.73. The first kappa shape index (κ1) is 19.0. The molecule has 4 nitrogen and oxygen atoms in total. The summed E-state index contributed by atoms with van der Waals surface area (Å²) in [6, 6.07) is 21.8. The van der Waals surface area contributed by atoms with Crippen LogP contribution in [-0.4, -0.2) is 15.5 Å². The minimum absolute atomic E-state index is 0.234. The maximum Gasteiger partial charge on any atom is 0.264 e. The zero-order valence-electron chi connectivity index (χ0n) is 15.7. The van der Waals surface area contributed by atoms with Gasteiger partial charge < -0.3 is 4.74 Å². The first-order chi connectivity index (χ1) is 12.9. The van der Waals surface area contributed by atoms with Crippen molar-refractivity contribution in [2.45, 2.75) is 25.3 Å². The number of hydrogen-bond donors (Lipinski definition) is 0. The van der Waals surface area contributed by atoms with Crippen LogP contribution in [-0.2, 0) is 16.6 Å². The molecule has 0 spiro atoms. The van der Waals surface area contributed by atoms with Crippen LogP contribution in [0.1, 0.15) is 16.7 Å². The highest BCUT2D eigenvalue weighted by Gasteiger charge is 2.25. The van der Waals surface area contributed by atoms with E-state index in [9.17, 15) is 8.42 Å². The SMILES string of the molecule is COc1ccc(S(=O)(=O)N(Cc2ccccc2C)c2ccc(C)cc2)cc1. The van der Waals surface area contributed by atoms with Gasteiger partial charge in [-0.3, -0.25) is 4.31 Å². The molecule has 27 heavy (non-hydrogen) atoms. The van der Waals surface area contributed by atoms with Crippen molar-refractivity contribution in [3.05, 3.63) is 89.5 Å². The topological polar surface area (TPSA) is 46.6 Å². The number of nitrogens with zero attached hydrogens (tertiary/aromatic N) is 1. The lowest BCUT2D eigenvalue weighted by Gasteiger charge is -2.25. The molecule has 0 aliphatic rings. The number of anilines is 1. The second-order valence-electron chi connectivity index (χ2n) is 6.45. The second-order valence-corrected chi connectivity index (χ2v) is 8.31. The Balaban J connectivity index is 2.07. The van der Waals surface area contributed by atoms with Crippen LogP contribution < -0.4 is 9.04 Å². The summed E-state index contributed by atoms with van der Waals surface area (Å²) in [6.07, 6.45) is 0. The quantitative estimate of drug-likeness (QED) is 0.621. The molecule has 5 heteroatoms. The van der Waals surface area contributed by atoms with Gasteiger partial charge in [-0.2, -0.15) is 0 Å². The maximum absolute atomic E-state index is 13.4. The summed E-state index contributed by atoms with van der Waals surface area (Å²) in [5, 5.41) is 0. The molecule has 0 atom stereocenters. The van der Waals surface area contributed by atoms with E-state index in [1.165, 1.54) is 4.31 Å². The molecule has 0 radical (unpaired) electrons. The Morgan fingerprint density at radius 1 is 0.852 bits per heavy atom. The van der Waals surface area contributed by atoms with Gasteiger partial charge >= 0.3 is 0 Å². The molecule has 0 fully saturated rings. The van der Waals surface area contributed by atoms with Crippen molar-refractivity contribution in [2.75, 3.05) is 11.4 Å². The molecule has 0 N–H and O–H groups in total. The van der Waals surface area contributed by atoms with Crippen LogP contribution in [0.25, 0.3) is 0 Å². The fraction of sp³-hybridized carbons (Fsp3) is 0.182. The third kappa shape index (κ3) is 4.14. The molecule has 0 unspecified atom stereocenters. The van der Waals surface area contributed by atoms with E-state index in [0.717, 1.165) is 16.7 Å². The monoisotopic (exact) mass is 381 g/mol. The van der Waals surface area contributed by atoms with Gasteiger partial charge in [0.1, 0.15) is 5.75 Å². The molecule has 0 aliphatic heterocycles. The van der Waals surface area contributed by atoms with Gasteiger partial charge in [0.2, 0.25) is 0 Å². The molecule has 0 amide bonds. The molecule has 0 aliphatic carbocycles. The largest absolute Gasteiger partial charge is 0.497 e.